The number of nitrogens with zero attached hydrogens (tertiary/aromatic N) is 3. The van der Waals surface area contributed by atoms with Gasteiger partial charge >= 0.3 is 5.97 Å². The second-order valence-corrected chi connectivity index (χ2v) is 14.6. The van der Waals surface area contributed by atoms with Crippen LogP contribution in [0.2, 0.25) is 25.7 Å². The number of rotatable bonds is 8. The summed E-state index contributed by atoms with van der Waals surface area (Å²) in [7, 11) is 0.317. The highest BCUT2D eigenvalue weighted by Gasteiger charge is 2.27. The molecule has 0 aliphatic heterocycles. The van der Waals surface area contributed by atoms with Gasteiger partial charge in [-0.05, 0) is 30.9 Å². The molecule has 0 unspecified atom stereocenters. The summed E-state index contributed by atoms with van der Waals surface area (Å²) >= 11 is 0. The number of benzene rings is 1. The molecule has 4 rings (SSSR count). The summed E-state index contributed by atoms with van der Waals surface area (Å²) < 4.78 is 15.0. The number of hydrogen-bond donors (Lipinski definition) is 0. The van der Waals surface area contributed by atoms with Crippen molar-refractivity contribution in [2.45, 2.75) is 51.8 Å². The monoisotopic (exact) mass is 399 g/mol. The van der Waals surface area contributed by atoms with E-state index in [1.807, 2.05) is 16.9 Å². The van der Waals surface area contributed by atoms with Crippen LogP contribution in [-0.4, -0.2) is 42.1 Å². The zero-order valence-electron chi connectivity index (χ0n) is 17.2. The van der Waals surface area contributed by atoms with Gasteiger partial charge in [-0.1, -0.05) is 31.8 Å². The Morgan fingerprint density at radius 2 is 1.96 bits per heavy atom. The van der Waals surface area contributed by atoms with Crippen LogP contribution in [0.25, 0.3) is 21.8 Å². The van der Waals surface area contributed by atoms with Crippen LogP contribution in [0.5, 0.6) is 0 Å². The summed E-state index contributed by atoms with van der Waals surface area (Å²) in [4.78, 5) is 12.4. The van der Waals surface area contributed by atoms with Crippen molar-refractivity contribution < 1.29 is 14.3 Å². The van der Waals surface area contributed by atoms with Gasteiger partial charge in [-0.3, -0.25) is 0 Å². The van der Waals surface area contributed by atoms with Crippen molar-refractivity contribution in [1.29, 1.82) is 0 Å². The van der Waals surface area contributed by atoms with Crippen LogP contribution < -0.4 is 0 Å². The van der Waals surface area contributed by atoms with Crippen LogP contribution in [0.3, 0.4) is 0 Å². The van der Waals surface area contributed by atoms with Crippen molar-refractivity contribution in [2.75, 3.05) is 13.7 Å². The molecule has 0 radical (unpaired) electrons. The fourth-order valence-corrected chi connectivity index (χ4v) is 4.33. The van der Waals surface area contributed by atoms with E-state index in [-0.39, 0.29) is 5.97 Å². The third kappa shape index (κ3) is 3.86. The highest BCUT2D eigenvalue weighted by molar-refractivity contribution is 6.76. The zero-order chi connectivity index (χ0) is 19.9. The molecular formula is C21H29N3O3Si. The third-order valence-corrected chi connectivity index (χ3v) is 7.11. The number of aromatic nitrogens is 3. The molecule has 0 atom stereocenters. The Morgan fingerprint density at radius 3 is 2.64 bits per heavy atom. The van der Waals surface area contributed by atoms with Gasteiger partial charge in [-0.2, -0.15) is 5.10 Å². The smallest absolute Gasteiger partial charge is 0.354 e. The number of hydrogen-bond acceptors (Lipinski definition) is 4. The molecule has 1 saturated carbocycles. The molecule has 0 N–H and O–H groups in total. The van der Waals surface area contributed by atoms with Crippen LogP contribution in [0.15, 0.2) is 24.4 Å². The Kier molecular flexibility index (Phi) is 5.05. The Bertz CT molecular complexity index is 1010. The van der Waals surface area contributed by atoms with E-state index in [4.69, 9.17) is 9.47 Å². The fourth-order valence-electron chi connectivity index (χ4n) is 3.57. The van der Waals surface area contributed by atoms with E-state index in [1.54, 1.807) is 0 Å². The lowest BCUT2D eigenvalue weighted by Gasteiger charge is -2.16. The number of carbonyl (C=O) groups is 1. The van der Waals surface area contributed by atoms with Gasteiger partial charge in [0.25, 0.3) is 0 Å². The van der Waals surface area contributed by atoms with E-state index >= 15 is 0 Å². The molecule has 7 heteroatoms. The van der Waals surface area contributed by atoms with Gasteiger partial charge in [0.2, 0.25) is 0 Å². The summed E-state index contributed by atoms with van der Waals surface area (Å²) in [6, 6.07) is 7.19. The molecule has 2 heterocycles. The molecule has 1 aliphatic rings. The maximum Gasteiger partial charge on any atom is 0.354 e. The van der Waals surface area contributed by atoms with Crippen molar-refractivity contribution >= 4 is 35.8 Å². The second kappa shape index (κ2) is 7.37. The van der Waals surface area contributed by atoms with Gasteiger partial charge in [-0.15, -0.1) is 0 Å². The van der Waals surface area contributed by atoms with Gasteiger partial charge in [0.15, 0.2) is 0 Å². The third-order valence-electron chi connectivity index (χ3n) is 5.40. The predicted molar refractivity (Wildman–Crippen MR) is 113 cm³/mol. The Hall–Kier alpha value is -2.12. The van der Waals surface area contributed by atoms with Gasteiger partial charge < -0.3 is 14.0 Å². The van der Waals surface area contributed by atoms with Crippen molar-refractivity contribution in [3.63, 3.8) is 0 Å². The largest absolute Gasteiger partial charge is 0.464 e. The maximum atomic E-state index is 12.4. The van der Waals surface area contributed by atoms with Crippen molar-refractivity contribution in [2.24, 2.45) is 5.92 Å². The van der Waals surface area contributed by atoms with Crippen LogP contribution in [0.1, 0.15) is 23.3 Å². The molecule has 0 spiro atoms. The number of esters is 1. The quantitative estimate of drug-likeness (QED) is 0.318. The minimum Gasteiger partial charge on any atom is -0.464 e. The summed E-state index contributed by atoms with van der Waals surface area (Å²) in [6.45, 7) is 9.07. The minimum atomic E-state index is -1.12. The van der Waals surface area contributed by atoms with Crippen molar-refractivity contribution in [1.82, 2.24) is 14.3 Å². The molecule has 3 aromatic rings. The average molecular weight is 400 g/mol. The lowest BCUT2D eigenvalue weighted by molar-refractivity contribution is 0.0588. The zero-order valence-corrected chi connectivity index (χ0v) is 18.2. The first-order valence-corrected chi connectivity index (χ1v) is 13.7. The number of ether oxygens (including phenoxy) is 2. The molecule has 6 nitrogen and oxygen atoms in total. The van der Waals surface area contributed by atoms with Gasteiger partial charge in [0.05, 0.1) is 24.3 Å². The molecule has 150 valence electrons. The van der Waals surface area contributed by atoms with Crippen LogP contribution in [-0.2, 0) is 22.7 Å². The molecular weight excluding hydrogens is 370 g/mol. The highest BCUT2D eigenvalue weighted by Crippen LogP contribution is 2.35. The molecule has 0 amide bonds. The van der Waals surface area contributed by atoms with Gasteiger partial charge in [0, 0.05) is 32.0 Å². The van der Waals surface area contributed by atoms with E-state index < -0.39 is 8.07 Å². The summed E-state index contributed by atoms with van der Waals surface area (Å²) in [6.07, 6.45) is 4.31. The molecule has 0 saturated heterocycles. The summed E-state index contributed by atoms with van der Waals surface area (Å²) in [5.41, 5.74) is 2.70. The molecule has 1 aliphatic carbocycles. The van der Waals surface area contributed by atoms with Crippen LogP contribution in [0, 0.1) is 5.92 Å². The molecule has 2 aromatic heterocycles. The van der Waals surface area contributed by atoms with Gasteiger partial charge in [0.1, 0.15) is 12.4 Å². The van der Waals surface area contributed by atoms with E-state index in [0.717, 1.165) is 41.0 Å². The minimum absolute atomic E-state index is 0.289. The number of fused-ring (bicyclic) bond motifs is 3. The first-order chi connectivity index (χ1) is 13.4. The summed E-state index contributed by atoms with van der Waals surface area (Å²) in [5.74, 6) is 0.348. The van der Waals surface area contributed by atoms with Gasteiger partial charge in [-0.25, -0.2) is 9.48 Å². The summed E-state index contributed by atoms with van der Waals surface area (Å²) in [5, 5.41) is 6.67. The Labute approximate surface area is 166 Å². The highest BCUT2D eigenvalue weighted by atomic mass is 28.3. The molecule has 1 fully saturated rings. The number of methoxy groups -OCH3 is 1. The Balaban J connectivity index is 1.73. The standard InChI is InChI=1S/C21H29N3O3Si/c1-26-21(25)18-11-16-7-8-17-12-22-24(14-27-9-10-28(2,3)4)20(17)19(16)23(18)13-15-5-6-15/h7-8,11-12,15H,5-6,9-10,13-14H2,1-4H3. The molecule has 28 heavy (non-hydrogen) atoms. The average Bonchev–Trinajstić information content (AvgIpc) is 3.26. The van der Waals surface area contributed by atoms with Crippen LogP contribution >= 0.6 is 0 Å². The fraction of sp³-hybridized carbons (Fsp3) is 0.524. The topological polar surface area (TPSA) is 58.3 Å². The lowest BCUT2D eigenvalue weighted by Crippen LogP contribution is -2.22. The normalized spacial score (nSPS) is 14.9. The first kappa shape index (κ1) is 19.2. The molecule has 0 bridgehead atoms. The van der Waals surface area contributed by atoms with E-state index in [1.165, 1.54) is 20.0 Å². The van der Waals surface area contributed by atoms with Crippen molar-refractivity contribution in [3.8, 4) is 0 Å². The Morgan fingerprint density at radius 1 is 1.21 bits per heavy atom. The van der Waals surface area contributed by atoms with E-state index in [2.05, 4.69) is 41.4 Å². The van der Waals surface area contributed by atoms with Crippen LogP contribution in [0.4, 0.5) is 0 Å². The lowest BCUT2D eigenvalue weighted by atomic mass is 10.2. The SMILES string of the molecule is COC(=O)c1cc2ccc3cnn(COCC[Si](C)(C)C)c3c2n1CC1CC1. The van der Waals surface area contributed by atoms with E-state index in [0.29, 0.717) is 18.3 Å². The second-order valence-electron chi connectivity index (χ2n) is 9.01. The number of carbonyl (C=O) groups excluding carboxylic acids is 1. The first-order valence-electron chi connectivity index (χ1n) is 10.0. The van der Waals surface area contributed by atoms with E-state index in [9.17, 15) is 4.79 Å². The molecule has 1 aromatic carbocycles. The maximum absolute atomic E-state index is 12.4. The predicted octanol–water partition coefficient (Wildman–Crippen LogP) is 4.50. The van der Waals surface area contributed by atoms with Crippen molar-refractivity contribution in [3.05, 3.63) is 30.1 Å².